The number of nitriles is 1. The van der Waals surface area contributed by atoms with E-state index in [1.165, 1.54) is 24.5 Å². The van der Waals surface area contributed by atoms with Crippen molar-refractivity contribution < 1.29 is 9.53 Å². The van der Waals surface area contributed by atoms with E-state index in [0.717, 1.165) is 0 Å². The molecule has 0 amide bonds. The summed E-state index contributed by atoms with van der Waals surface area (Å²) in [4.78, 5) is 14.7. The van der Waals surface area contributed by atoms with Gasteiger partial charge in [0, 0.05) is 12.4 Å². The van der Waals surface area contributed by atoms with E-state index in [-0.39, 0.29) is 6.61 Å². The number of pyridine rings is 1. The summed E-state index contributed by atoms with van der Waals surface area (Å²) in [7, 11) is 0. The van der Waals surface area contributed by atoms with Gasteiger partial charge in [0.25, 0.3) is 0 Å². The monoisotopic (exact) mass is 162 g/mol. The molecule has 0 bridgehead atoms. The zero-order valence-corrected chi connectivity index (χ0v) is 6.23. The number of carbonyl (C=O) groups excluding carboxylic acids is 1. The minimum absolute atomic E-state index is 0.221. The van der Waals surface area contributed by atoms with Crippen molar-refractivity contribution in [2.24, 2.45) is 0 Å². The first kappa shape index (κ1) is 8.21. The number of carbonyl (C=O) groups is 1. The predicted octanol–water partition coefficient (Wildman–Crippen LogP) is 0.762. The Morgan fingerprint density at radius 3 is 2.83 bits per heavy atom. The fourth-order valence-electron chi connectivity index (χ4n) is 0.669. The van der Waals surface area contributed by atoms with E-state index in [4.69, 9.17) is 5.26 Å². The topological polar surface area (TPSA) is 63.0 Å². The summed E-state index contributed by atoms with van der Waals surface area (Å²) in [6.45, 7) is -0.221. The number of esters is 1. The highest BCUT2D eigenvalue weighted by molar-refractivity contribution is 5.89. The Hall–Kier alpha value is -1.89. The third-order valence-corrected chi connectivity index (χ3v) is 1.18. The van der Waals surface area contributed by atoms with Gasteiger partial charge < -0.3 is 4.74 Å². The number of hydrogen-bond donors (Lipinski definition) is 0. The number of nitrogens with zero attached hydrogens (tertiary/aromatic N) is 2. The maximum atomic E-state index is 11.0. The van der Waals surface area contributed by atoms with Crippen molar-refractivity contribution >= 4 is 5.97 Å². The second-order valence-corrected chi connectivity index (χ2v) is 1.97. The zero-order valence-electron chi connectivity index (χ0n) is 6.23. The second-order valence-electron chi connectivity index (χ2n) is 1.97. The van der Waals surface area contributed by atoms with Crippen LogP contribution >= 0.6 is 0 Å². The summed E-state index contributed by atoms with van der Waals surface area (Å²) < 4.78 is 4.55. The maximum Gasteiger partial charge on any atom is 0.339 e. The molecule has 0 aliphatic rings. The van der Waals surface area contributed by atoms with Crippen molar-refractivity contribution in [3.63, 3.8) is 0 Å². The molecule has 1 aromatic rings. The number of ether oxygens (including phenoxy) is 1. The molecule has 0 saturated carbocycles. The molecule has 0 saturated heterocycles. The lowest BCUT2D eigenvalue weighted by Crippen LogP contribution is -2.04. The molecule has 0 spiro atoms. The van der Waals surface area contributed by atoms with Crippen LogP contribution in [0.2, 0.25) is 0 Å². The highest BCUT2D eigenvalue weighted by Crippen LogP contribution is 1.98. The van der Waals surface area contributed by atoms with E-state index in [0.29, 0.717) is 5.56 Å². The summed E-state index contributed by atoms with van der Waals surface area (Å²) in [5, 5.41) is 8.12. The number of aromatic nitrogens is 1. The van der Waals surface area contributed by atoms with Crippen molar-refractivity contribution in [1.82, 2.24) is 4.98 Å². The van der Waals surface area contributed by atoms with Crippen LogP contribution in [0.5, 0.6) is 0 Å². The first-order valence-electron chi connectivity index (χ1n) is 3.28. The Kier molecular flexibility index (Phi) is 2.79. The van der Waals surface area contributed by atoms with Crippen molar-refractivity contribution in [3.8, 4) is 6.07 Å². The lowest BCUT2D eigenvalue weighted by Gasteiger charge is -1.97. The van der Waals surface area contributed by atoms with Crippen LogP contribution in [0.15, 0.2) is 24.5 Å². The molecule has 4 nitrogen and oxygen atoms in total. The lowest BCUT2D eigenvalue weighted by molar-refractivity contribution is 0.0555. The largest absolute Gasteiger partial charge is 0.447 e. The molecule has 0 aliphatic heterocycles. The molecular formula is C8H6N2O2. The first-order chi connectivity index (χ1) is 5.84. The molecule has 0 N–H and O–H groups in total. The Bertz CT molecular complexity index is 303. The van der Waals surface area contributed by atoms with Gasteiger partial charge in [0.15, 0.2) is 6.61 Å². The van der Waals surface area contributed by atoms with Crippen molar-refractivity contribution in [3.05, 3.63) is 30.1 Å². The molecule has 0 fully saturated rings. The van der Waals surface area contributed by atoms with Gasteiger partial charge in [-0.15, -0.1) is 0 Å². The van der Waals surface area contributed by atoms with Gasteiger partial charge in [0.1, 0.15) is 6.07 Å². The van der Waals surface area contributed by atoms with E-state index in [1.807, 2.05) is 0 Å². The molecule has 0 radical (unpaired) electrons. The first-order valence-corrected chi connectivity index (χ1v) is 3.28. The standard InChI is InChI=1S/C8H6N2O2/c9-3-6-12-8(11)7-1-4-10-5-2-7/h1-2,4-5H,6H2. The van der Waals surface area contributed by atoms with Gasteiger partial charge in [0.2, 0.25) is 0 Å². The van der Waals surface area contributed by atoms with Crippen LogP contribution in [0.25, 0.3) is 0 Å². The van der Waals surface area contributed by atoms with Crippen LogP contribution < -0.4 is 0 Å². The third kappa shape index (κ3) is 2.06. The van der Waals surface area contributed by atoms with E-state index in [1.54, 1.807) is 6.07 Å². The zero-order chi connectivity index (χ0) is 8.81. The number of hydrogen-bond acceptors (Lipinski definition) is 4. The van der Waals surface area contributed by atoms with Crippen LogP contribution in [0, 0.1) is 11.3 Å². The lowest BCUT2D eigenvalue weighted by atomic mass is 10.3. The third-order valence-electron chi connectivity index (χ3n) is 1.18. The maximum absolute atomic E-state index is 11.0. The van der Waals surface area contributed by atoms with Gasteiger partial charge in [-0.25, -0.2) is 4.79 Å². The van der Waals surface area contributed by atoms with Gasteiger partial charge >= 0.3 is 5.97 Å². The van der Waals surface area contributed by atoms with Crippen LogP contribution in [-0.4, -0.2) is 17.6 Å². The Labute approximate surface area is 69.4 Å². The van der Waals surface area contributed by atoms with Crippen molar-refractivity contribution in [2.45, 2.75) is 0 Å². The van der Waals surface area contributed by atoms with Crippen LogP contribution in [-0.2, 0) is 4.74 Å². The second kappa shape index (κ2) is 4.09. The molecule has 1 heterocycles. The van der Waals surface area contributed by atoms with Crippen LogP contribution in [0.4, 0.5) is 0 Å². The van der Waals surface area contributed by atoms with Crippen molar-refractivity contribution in [2.75, 3.05) is 6.61 Å². The summed E-state index contributed by atoms with van der Waals surface area (Å²) in [5.74, 6) is -0.501. The van der Waals surface area contributed by atoms with E-state index in [2.05, 4.69) is 9.72 Å². The summed E-state index contributed by atoms with van der Waals surface area (Å²) >= 11 is 0. The Morgan fingerprint density at radius 2 is 2.25 bits per heavy atom. The molecule has 1 rings (SSSR count). The predicted molar refractivity (Wildman–Crippen MR) is 40.1 cm³/mol. The smallest absolute Gasteiger partial charge is 0.339 e. The SMILES string of the molecule is N#CCOC(=O)c1ccncc1. The highest BCUT2D eigenvalue weighted by Gasteiger charge is 2.04. The van der Waals surface area contributed by atoms with Crippen LogP contribution in [0.1, 0.15) is 10.4 Å². The minimum Gasteiger partial charge on any atom is -0.447 e. The fourth-order valence-corrected chi connectivity index (χ4v) is 0.669. The summed E-state index contributed by atoms with van der Waals surface area (Å²) in [5.41, 5.74) is 0.403. The van der Waals surface area contributed by atoms with Crippen molar-refractivity contribution in [1.29, 1.82) is 5.26 Å². The highest BCUT2D eigenvalue weighted by atomic mass is 16.5. The quantitative estimate of drug-likeness (QED) is 0.602. The normalized spacial score (nSPS) is 8.58. The molecule has 0 aromatic carbocycles. The van der Waals surface area contributed by atoms with Gasteiger partial charge in [-0.1, -0.05) is 0 Å². The average Bonchev–Trinajstić information content (AvgIpc) is 2.15. The minimum atomic E-state index is -0.501. The molecule has 0 aliphatic carbocycles. The van der Waals surface area contributed by atoms with E-state index >= 15 is 0 Å². The Morgan fingerprint density at radius 1 is 1.58 bits per heavy atom. The van der Waals surface area contributed by atoms with Gasteiger partial charge in [-0.2, -0.15) is 5.26 Å². The van der Waals surface area contributed by atoms with Gasteiger partial charge in [-0.3, -0.25) is 4.98 Å². The van der Waals surface area contributed by atoms with Gasteiger partial charge in [-0.05, 0) is 12.1 Å². The Balaban J connectivity index is 2.61. The summed E-state index contributed by atoms with van der Waals surface area (Å²) in [6, 6.07) is 4.76. The number of rotatable bonds is 2. The molecule has 0 atom stereocenters. The molecular weight excluding hydrogens is 156 g/mol. The molecule has 60 valence electrons. The molecule has 4 heteroatoms. The average molecular weight is 162 g/mol. The van der Waals surface area contributed by atoms with Crippen LogP contribution in [0.3, 0.4) is 0 Å². The molecule has 1 aromatic heterocycles. The summed E-state index contributed by atoms with van der Waals surface area (Å²) in [6.07, 6.45) is 2.98. The molecule has 12 heavy (non-hydrogen) atoms. The van der Waals surface area contributed by atoms with E-state index in [9.17, 15) is 4.79 Å². The van der Waals surface area contributed by atoms with Gasteiger partial charge in [0.05, 0.1) is 5.56 Å². The fraction of sp³-hybridized carbons (Fsp3) is 0.125. The van der Waals surface area contributed by atoms with E-state index < -0.39 is 5.97 Å². The molecule has 0 unspecified atom stereocenters.